The summed E-state index contributed by atoms with van der Waals surface area (Å²) in [5.74, 6) is 1.69. The first kappa shape index (κ1) is 13.0. The summed E-state index contributed by atoms with van der Waals surface area (Å²) in [6.45, 7) is 2.16. The number of thiophene rings is 2. The molecule has 1 N–H and O–H groups in total. The molecule has 98 valence electrons. The molecule has 0 aliphatic rings. The smallest absolute Gasteiger partial charge is 0.173 e. The molecule has 0 amide bonds. The summed E-state index contributed by atoms with van der Waals surface area (Å²) in [4.78, 5) is 12.8. The molecule has 6 heteroatoms. The molecule has 19 heavy (non-hydrogen) atoms. The Kier molecular flexibility index (Phi) is 3.56. The van der Waals surface area contributed by atoms with E-state index in [1.54, 1.807) is 22.7 Å². The molecule has 0 atom stereocenters. The lowest BCUT2D eigenvalue weighted by atomic mass is 10.3. The lowest BCUT2D eigenvalue weighted by molar-refractivity contribution is 1.19. The third-order valence-corrected chi connectivity index (χ3v) is 5.68. The first-order valence-corrected chi connectivity index (χ1v) is 8.42. The maximum atomic E-state index is 4.69. The van der Waals surface area contributed by atoms with Gasteiger partial charge in [-0.1, -0.05) is 6.92 Å². The molecule has 0 spiro atoms. The van der Waals surface area contributed by atoms with Crippen LogP contribution in [0.3, 0.4) is 0 Å². The van der Waals surface area contributed by atoms with Gasteiger partial charge in [0.15, 0.2) is 5.82 Å². The van der Waals surface area contributed by atoms with Crippen LogP contribution in [0.15, 0.2) is 22.0 Å². The predicted octanol–water partition coefficient (Wildman–Crippen LogP) is 4.79. The number of halogens is 1. The van der Waals surface area contributed by atoms with Gasteiger partial charge in [0.1, 0.15) is 10.6 Å². The summed E-state index contributed by atoms with van der Waals surface area (Å²) in [6, 6.07) is 4.24. The van der Waals surface area contributed by atoms with Gasteiger partial charge >= 0.3 is 0 Å². The summed E-state index contributed by atoms with van der Waals surface area (Å²) in [5, 5.41) is 6.34. The average Bonchev–Trinajstić information content (AvgIpc) is 3.02. The molecule has 0 aliphatic heterocycles. The Morgan fingerprint density at radius 1 is 1.32 bits per heavy atom. The van der Waals surface area contributed by atoms with E-state index in [0.29, 0.717) is 0 Å². The fraction of sp³-hybridized carbons (Fsp3) is 0.231. The van der Waals surface area contributed by atoms with Crippen LogP contribution in [0, 0.1) is 0 Å². The van der Waals surface area contributed by atoms with Crippen LogP contribution >= 0.6 is 38.6 Å². The van der Waals surface area contributed by atoms with Crippen molar-refractivity contribution < 1.29 is 0 Å². The molecule has 0 bridgehead atoms. The van der Waals surface area contributed by atoms with E-state index >= 15 is 0 Å². The second-order valence-corrected chi connectivity index (χ2v) is 7.00. The van der Waals surface area contributed by atoms with Crippen molar-refractivity contribution in [3.8, 4) is 10.7 Å². The van der Waals surface area contributed by atoms with E-state index < -0.39 is 0 Å². The number of anilines is 1. The van der Waals surface area contributed by atoms with Gasteiger partial charge in [-0.3, -0.25) is 0 Å². The Labute approximate surface area is 127 Å². The van der Waals surface area contributed by atoms with Gasteiger partial charge in [-0.15, -0.1) is 22.7 Å². The number of nitrogens with one attached hydrogen (secondary N) is 1. The maximum Gasteiger partial charge on any atom is 0.173 e. The number of hydrogen-bond acceptors (Lipinski definition) is 5. The molecule has 0 radical (unpaired) electrons. The number of fused-ring (bicyclic) bond motifs is 1. The average molecular weight is 354 g/mol. The minimum atomic E-state index is 0.789. The highest BCUT2D eigenvalue weighted by atomic mass is 79.9. The Morgan fingerprint density at radius 3 is 2.79 bits per heavy atom. The zero-order valence-electron chi connectivity index (χ0n) is 10.5. The van der Waals surface area contributed by atoms with E-state index in [0.717, 1.165) is 37.6 Å². The highest BCUT2D eigenvalue weighted by Gasteiger charge is 2.12. The summed E-state index contributed by atoms with van der Waals surface area (Å²) in [5.41, 5.74) is 0. The summed E-state index contributed by atoms with van der Waals surface area (Å²) < 4.78 is 1.07. The Bertz CT molecular complexity index is 733. The maximum absolute atomic E-state index is 4.69. The van der Waals surface area contributed by atoms with E-state index in [9.17, 15) is 0 Å². The molecule has 3 aromatic heterocycles. The standard InChI is InChI=1S/C13H12BrN3S2/c1-3-8-5-9-11(15-2)16-12(17-13(9)19-8)10-4-7(14)6-18-10/h4-6H,3H2,1-2H3,(H,15,16,17). The zero-order valence-corrected chi connectivity index (χ0v) is 13.7. The fourth-order valence-electron chi connectivity index (χ4n) is 1.88. The van der Waals surface area contributed by atoms with Crippen molar-refractivity contribution in [2.75, 3.05) is 12.4 Å². The molecule has 3 aromatic rings. The molecule has 3 nitrogen and oxygen atoms in total. The second-order valence-electron chi connectivity index (χ2n) is 4.06. The molecule has 0 aliphatic carbocycles. The van der Waals surface area contributed by atoms with Gasteiger partial charge in [0.2, 0.25) is 0 Å². The second kappa shape index (κ2) is 5.19. The van der Waals surface area contributed by atoms with E-state index in [1.165, 1.54) is 4.88 Å². The normalized spacial score (nSPS) is 11.1. The first-order valence-electron chi connectivity index (χ1n) is 5.94. The third-order valence-electron chi connectivity index (χ3n) is 2.82. The topological polar surface area (TPSA) is 37.8 Å². The highest BCUT2D eigenvalue weighted by molar-refractivity contribution is 9.10. The minimum absolute atomic E-state index is 0.789. The third kappa shape index (κ3) is 2.40. The lowest BCUT2D eigenvalue weighted by Crippen LogP contribution is -1.96. The monoisotopic (exact) mass is 353 g/mol. The molecule has 0 saturated heterocycles. The quantitative estimate of drug-likeness (QED) is 0.735. The summed E-state index contributed by atoms with van der Waals surface area (Å²) >= 11 is 6.86. The summed E-state index contributed by atoms with van der Waals surface area (Å²) in [6.07, 6.45) is 1.03. The van der Waals surface area contributed by atoms with Gasteiger partial charge in [0.25, 0.3) is 0 Å². The van der Waals surface area contributed by atoms with Gasteiger partial charge in [-0.25, -0.2) is 9.97 Å². The highest BCUT2D eigenvalue weighted by Crippen LogP contribution is 2.34. The number of aromatic nitrogens is 2. The number of rotatable bonds is 3. The van der Waals surface area contributed by atoms with Crippen molar-refractivity contribution in [3.63, 3.8) is 0 Å². The van der Waals surface area contributed by atoms with Gasteiger partial charge in [0, 0.05) is 21.8 Å². The number of aryl methyl sites for hydroxylation is 1. The van der Waals surface area contributed by atoms with Crippen molar-refractivity contribution in [3.05, 3.63) is 26.9 Å². The first-order chi connectivity index (χ1) is 9.21. The van der Waals surface area contributed by atoms with Crippen LogP contribution in [0.1, 0.15) is 11.8 Å². The van der Waals surface area contributed by atoms with Crippen LogP contribution < -0.4 is 5.32 Å². The van der Waals surface area contributed by atoms with E-state index in [-0.39, 0.29) is 0 Å². The Morgan fingerprint density at radius 2 is 2.16 bits per heavy atom. The molecular weight excluding hydrogens is 342 g/mol. The van der Waals surface area contributed by atoms with Crippen molar-refractivity contribution in [1.29, 1.82) is 0 Å². The van der Waals surface area contributed by atoms with Crippen molar-refractivity contribution >= 4 is 54.6 Å². The van der Waals surface area contributed by atoms with Crippen molar-refractivity contribution in [2.24, 2.45) is 0 Å². The predicted molar refractivity (Wildman–Crippen MR) is 87.4 cm³/mol. The van der Waals surface area contributed by atoms with Crippen LogP contribution in [0.4, 0.5) is 5.82 Å². The van der Waals surface area contributed by atoms with Crippen LogP contribution in [-0.4, -0.2) is 17.0 Å². The molecule has 0 unspecified atom stereocenters. The van der Waals surface area contributed by atoms with Gasteiger partial charge < -0.3 is 5.32 Å². The Hall–Kier alpha value is -0.980. The largest absolute Gasteiger partial charge is 0.372 e. The molecule has 0 saturated carbocycles. The number of hydrogen-bond donors (Lipinski definition) is 1. The van der Waals surface area contributed by atoms with Gasteiger partial charge in [-0.05, 0) is 34.5 Å². The zero-order chi connectivity index (χ0) is 13.4. The molecule has 0 fully saturated rings. The van der Waals surface area contributed by atoms with Crippen molar-refractivity contribution in [2.45, 2.75) is 13.3 Å². The minimum Gasteiger partial charge on any atom is -0.372 e. The van der Waals surface area contributed by atoms with E-state index in [4.69, 9.17) is 4.98 Å². The van der Waals surface area contributed by atoms with Gasteiger partial charge in [-0.2, -0.15) is 0 Å². The van der Waals surface area contributed by atoms with Crippen LogP contribution in [0.5, 0.6) is 0 Å². The van der Waals surface area contributed by atoms with Crippen LogP contribution in [0.2, 0.25) is 0 Å². The molecule has 0 aromatic carbocycles. The van der Waals surface area contributed by atoms with E-state index in [2.05, 4.69) is 45.3 Å². The SMILES string of the molecule is CCc1cc2c(NC)nc(-c3cc(Br)cs3)nc2s1. The molecule has 3 rings (SSSR count). The number of nitrogens with zero attached hydrogens (tertiary/aromatic N) is 2. The molecular formula is C13H12BrN3S2. The van der Waals surface area contributed by atoms with Crippen LogP contribution in [0.25, 0.3) is 20.9 Å². The van der Waals surface area contributed by atoms with Crippen LogP contribution in [-0.2, 0) is 6.42 Å². The van der Waals surface area contributed by atoms with E-state index in [1.807, 2.05) is 12.4 Å². The summed E-state index contributed by atoms with van der Waals surface area (Å²) in [7, 11) is 1.90. The van der Waals surface area contributed by atoms with Gasteiger partial charge in [0.05, 0.1) is 10.3 Å². The lowest BCUT2D eigenvalue weighted by Gasteiger charge is -2.03. The van der Waals surface area contributed by atoms with Crippen molar-refractivity contribution in [1.82, 2.24) is 9.97 Å². The Balaban J connectivity index is 2.21. The fourth-order valence-corrected chi connectivity index (χ4v) is 4.20. The molecule has 3 heterocycles.